The van der Waals surface area contributed by atoms with E-state index in [1.807, 2.05) is 60.8 Å². The lowest BCUT2D eigenvalue weighted by Crippen LogP contribution is -2.31. The van der Waals surface area contributed by atoms with Crippen molar-refractivity contribution in [3.63, 3.8) is 0 Å². The van der Waals surface area contributed by atoms with E-state index in [1.165, 1.54) is 0 Å². The fourth-order valence-electron chi connectivity index (χ4n) is 3.64. The third kappa shape index (κ3) is 4.09. The number of para-hydroxylation sites is 1. The van der Waals surface area contributed by atoms with Gasteiger partial charge in [0.25, 0.3) is 11.8 Å². The van der Waals surface area contributed by atoms with Crippen LogP contribution in [0.15, 0.2) is 91.3 Å². The zero-order valence-corrected chi connectivity index (χ0v) is 17.1. The van der Waals surface area contributed by atoms with Crippen molar-refractivity contribution < 1.29 is 14.3 Å². The highest BCUT2D eigenvalue weighted by Crippen LogP contribution is 2.28. The fraction of sp³-hybridized carbons (Fsp3) is 0.0800. The Hall–Kier alpha value is -4.39. The number of nitrogens with zero attached hydrogens (tertiary/aromatic N) is 2. The van der Waals surface area contributed by atoms with Crippen molar-refractivity contribution in [3.05, 3.63) is 102 Å². The smallest absolute Gasteiger partial charge is 0.265 e. The second-order valence-corrected chi connectivity index (χ2v) is 7.44. The molecule has 0 saturated heterocycles. The average Bonchev–Trinajstić information content (AvgIpc) is 3.50. The lowest BCUT2D eigenvalue weighted by Gasteiger charge is -2.12. The molecule has 4 aromatic rings. The molecule has 0 bridgehead atoms. The number of benzene rings is 3. The largest absolute Gasteiger partial charge is 0.480 e. The molecule has 0 aliphatic carbocycles. The van der Waals surface area contributed by atoms with Gasteiger partial charge < -0.3 is 15.4 Å². The van der Waals surface area contributed by atoms with E-state index in [0.717, 1.165) is 17.0 Å². The number of ether oxygens (including phenoxy) is 1. The molecule has 7 nitrogen and oxygen atoms in total. The molecular formula is C25H20N4O3. The molecule has 0 spiro atoms. The van der Waals surface area contributed by atoms with Crippen molar-refractivity contribution in [1.29, 1.82) is 0 Å². The van der Waals surface area contributed by atoms with Crippen LogP contribution in [0.2, 0.25) is 0 Å². The highest BCUT2D eigenvalue weighted by molar-refractivity contribution is 6.05. The minimum absolute atomic E-state index is 0.245. The molecule has 158 valence electrons. The van der Waals surface area contributed by atoms with Crippen LogP contribution in [0.1, 0.15) is 15.9 Å². The van der Waals surface area contributed by atoms with Crippen LogP contribution in [0.5, 0.6) is 5.75 Å². The van der Waals surface area contributed by atoms with Crippen molar-refractivity contribution >= 4 is 23.2 Å². The number of fused-ring (bicyclic) bond motifs is 1. The van der Waals surface area contributed by atoms with Gasteiger partial charge in [-0.3, -0.25) is 9.59 Å². The summed E-state index contributed by atoms with van der Waals surface area (Å²) >= 11 is 0. The first-order valence-corrected chi connectivity index (χ1v) is 10.2. The van der Waals surface area contributed by atoms with Crippen molar-refractivity contribution in [2.24, 2.45) is 0 Å². The van der Waals surface area contributed by atoms with E-state index in [2.05, 4.69) is 15.7 Å². The van der Waals surface area contributed by atoms with E-state index in [0.29, 0.717) is 23.4 Å². The lowest BCUT2D eigenvalue weighted by atomic mass is 10.1. The van der Waals surface area contributed by atoms with E-state index in [-0.39, 0.29) is 11.8 Å². The normalized spacial score (nSPS) is 14.3. The number of nitrogens with one attached hydrogen (secondary N) is 2. The molecule has 7 heteroatoms. The topological polar surface area (TPSA) is 85.3 Å². The van der Waals surface area contributed by atoms with Gasteiger partial charge in [-0.15, -0.1) is 0 Å². The number of aromatic nitrogens is 2. The van der Waals surface area contributed by atoms with Crippen LogP contribution in [0.3, 0.4) is 0 Å². The Labute approximate surface area is 184 Å². The third-order valence-corrected chi connectivity index (χ3v) is 5.20. The quantitative estimate of drug-likeness (QED) is 0.506. The van der Waals surface area contributed by atoms with Crippen LogP contribution in [0, 0.1) is 0 Å². The second kappa shape index (κ2) is 8.39. The fourth-order valence-corrected chi connectivity index (χ4v) is 3.64. The van der Waals surface area contributed by atoms with Gasteiger partial charge in [-0.2, -0.15) is 5.10 Å². The first kappa shape index (κ1) is 19.6. The predicted octanol–water partition coefficient (Wildman–Crippen LogP) is 4.07. The molecule has 0 radical (unpaired) electrons. The van der Waals surface area contributed by atoms with Crippen molar-refractivity contribution in [2.45, 2.75) is 12.5 Å². The first-order valence-electron chi connectivity index (χ1n) is 10.2. The highest BCUT2D eigenvalue weighted by Gasteiger charge is 2.28. The van der Waals surface area contributed by atoms with Crippen molar-refractivity contribution in [2.75, 3.05) is 10.6 Å². The van der Waals surface area contributed by atoms with Crippen LogP contribution < -0.4 is 15.4 Å². The number of carbonyl (C=O) groups excluding carboxylic acids is 2. The second-order valence-electron chi connectivity index (χ2n) is 7.44. The number of hydrogen-bond acceptors (Lipinski definition) is 4. The maximum absolute atomic E-state index is 12.8. The Morgan fingerprint density at radius 2 is 1.72 bits per heavy atom. The van der Waals surface area contributed by atoms with Crippen LogP contribution >= 0.6 is 0 Å². The molecule has 0 saturated carbocycles. The molecule has 1 atom stereocenters. The van der Waals surface area contributed by atoms with Gasteiger partial charge in [-0.05, 0) is 54.1 Å². The molecule has 2 heterocycles. The maximum atomic E-state index is 12.8. The zero-order valence-electron chi connectivity index (χ0n) is 17.1. The molecule has 5 rings (SSSR count). The van der Waals surface area contributed by atoms with Gasteiger partial charge in [0.05, 0.1) is 5.69 Å². The van der Waals surface area contributed by atoms with E-state index in [4.69, 9.17) is 4.74 Å². The Bertz CT molecular complexity index is 1260. The summed E-state index contributed by atoms with van der Waals surface area (Å²) in [5, 5.41) is 9.94. The number of carbonyl (C=O) groups is 2. The molecule has 1 unspecified atom stereocenters. The molecule has 2 N–H and O–H groups in total. The summed E-state index contributed by atoms with van der Waals surface area (Å²) in [6, 6.07) is 23.7. The minimum atomic E-state index is -0.588. The Morgan fingerprint density at radius 3 is 2.53 bits per heavy atom. The molecule has 1 aliphatic heterocycles. The third-order valence-electron chi connectivity index (χ3n) is 5.20. The van der Waals surface area contributed by atoms with Crippen LogP contribution in [-0.2, 0) is 11.2 Å². The minimum Gasteiger partial charge on any atom is -0.480 e. The Kier molecular flexibility index (Phi) is 5.13. The lowest BCUT2D eigenvalue weighted by molar-refractivity contribution is -0.122. The SMILES string of the molecule is O=C(Nc1cccc(-n2cccn2)c1)c1cccc(NC(=O)C2Cc3ccccc3O2)c1. The molecule has 1 aliphatic rings. The first-order chi connectivity index (χ1) is 15.7. The zero-order chi connectivity index (χ0) is 21.9. The summed E-state index contributed by atoms with van der Waals surface area (Å²) in [7, 11) is 0. The van der Waals surface area contributed by atoms with E-state index in [1.54, 1.807) is 35.1 Å². The Balaban J connectivity index is 1.26. The van der Waals surface area contributed by atoms with Crippen molar-refractivity contribution in [1.82, 2.24) is 9.78 Å². The Morgan fingerprint density at radius 1 is 0.906 bits per heavy atom. The van der Waals surface area contributed by atoms with Gasteiger partial charge in [-0.25, -0.2) is 4.68 Å². The van der Waals surface area contributed by atoms with Gasteiger partial charge in [0.1, 0.15) is 5.75 Å². The number of hydrogen-bond donors (Lipinski definition) is 2. The number of anilines is 2. The molecule has 2 amide bonds. The summed E-state index contributed by atoms with van der Waals surface area (Å²) in [5.74, 6) is 0.215. The van der Waals surface area contributed by atoms with E-state index in [9.17, 15) is 9.59 Å². The molecular weight excluding hydrogens is 404 g/mol. The van der Waals surface area contributed by atoms with Gasteiger partial charge in [-0.1, -0.05) is 30.3 Å². The summed E-state index contributed by atoms with van der Waals surface area (Å²) in [6.45, 7) is 0. The van der Waals surface area contributed by atoms with Crippen LogP contribution in [-0.4, -0.2) is 27.7 Å². The number of rotatable bonds is 5. The summed E-state index contributed by atoms with van der Waals surface area (Å²) in [6.07, 6.45) is 3.46. The van der Waals surface area contributed by atoms with E-state index < -0.39 is 6.10 Å². The number of amides is 2. The van der Waals surface area contributed by atoms with Crippen LogP contribution in [0.25, 0.3) is 5.69 Å². The monoisotopic (exact) mass is 424 g/mol. The van der Waals surface area contributed by atoms with Crippen molar-refractivity contribution in [3.8, 4) is 11.4 Å². The van der Waals surface area contributed by atoms with Gasteiger partial charge in [0.15, 0.2) is 6.10 Å². The van der Waals surface area contributed by atoms with Gasteiger partial charge >= 0.3 is 0 Å². The predicted molar refractivity (Wildman–Crippen MR) is 121 cm³/mol. The van der Waals surface area contributed by atoms with Crippen LogP contribution in [0.4, 0.5) is 11.4 Å². The summed E-state index contributed by atoms with van der Waals surface area (Å²) < 4.78 is 7.46. The molecule has 0 fully saturated rings. The average molecular weight is 424 g/mol. The summed E-state index contributed by atoms with van der Waals surface area (Å²) in [4.78, 5) is 25.4. The van der Waals surface area contributed by atoms with Gasteiger partial charge in [0.2, 0.25) is 0 Å². The molecule has 3 aromatic carbocycles. The standard InChI is InChI=1S/C25H20N4O3/c30-24(27-20-9-4-10-21(16-20)29-13-5-12-26-29)18-7-3-8-19(14-18)28-25(31)23-15-17-6-1-2-11-22(17)32-23/h1-14,16,23H,15H2,(H,27,30)(H,28,31). The molecule has 32 heavy (non-hydrogen) atoms. The summed E-state index contributed by atoms with van der Waals surface area (Å²) in [5.41, 5.74) is 3.47. The highest BCUT2D eigenvalue weighted by atomic mass is 16.5. The van der Waals surface area contributed by atoms with Gasteiger partial charge in [0, 0.05) is 35.8 Å². The molecule has 1 aromatic heterocycles. The van der Waals surface area contributed by atoms with E-state index >= 15 is 0 Å². The maximum Gasteiger partial charge on any atom is 0.265 e.